The smallest absolute Gasteiger partial charge is 0.351 e. The maximum Gasteiger partial charge on any atom is 0.416 e. The summed E-state index contributed by atoms with van der Waals surface area (Å²) < 4.78 is 42.2. The minimum absolute atomic E-state index is 0.410. The molecule has 0 N–H and O–H groups in total. The lowest BCUT2D eigenvalue weighted by atomic mass is 10.0. The molecule has 2 aliphatic rings. The molecule has 3 aromatic heterocycles. The number of rotatable bonds is 2. The Morgan fingerprint density at radius 3 is 2.74 bits per heavy atom. The van der Waals surface area contributed by atoms with Crippen molar-refractivity contribution in [2.75, 3.05) is 22.9 Å². The second-order valence-electron chi connectivity index (χ2n) is 8.71. The van der Waals surface area contributed by atoms with Gasteiger partial charge < -0.3 is 9.80 Å². The number of fused-ring (bicyclic) bond motifs is 3. The van der Waals surface area contributed by atoms with E-state index < -0.39 is 11.7 Å². The zero-order chi connectivity index (χ0) is 23.4. The van der Waals surface area contributed by atoms with E-state index in [0.717, 1.165) is 54.4 Å². The average Bonchev–Trinajstić information content (AvgIpc) is 3.31. The molecule has 7 nitrogen and oxygen atoms in total. The highest BCUT2D eigenvalue weighted by Gasteiger charge is 2.31. The van der Waals surface area contributed by atoms with Gasteiger partial charge in [0.1, 0.15) is 17.5 Å². The Bertz CT molecular complexity index is 1400. The molecule has 5 heterocycles. The molecule has 4 aromatic rings. The molecule has 0 saturated heterocycles. The quantitative estimate of drug-likeness (QED) is 0.429. The fourth-order valence-electron chi connectivity index (χ4n) is 4.87. The third-order valence-electron chi connectivity index (χ3n) is 6.47. The number of pyridine rings is 1. The minimum Gasteiger partial charge on any atom is -0.351 e. The van der Waals surface area contributed by atoms with Crippen LogP contribution < -0.4 is 9.80 Å². The number of alkyl halides is 3. The number of aryl methyl sites for hydroxylation is 2. The number of hydrogen-bond donors (Lipinski definition) is 0. The molecule has 174 valence electrons. The second-order valence-corrected chi connectivity index (χ2v) is 8.71. The fraction of sp³-hybridized carbons (Fsp3) is 0.333. The largest absolute Gasteiger partial charge is 0.416 e. The van der Waals surface area contributed by atoms with Crippen LogP contribution in [0.15, 0.2) is 42.7 Å². The minimum atomic E-state index is -4.43. The highest BCUT2D eigenvalue weighted by Crippen LogP contribution is 2.36. The summed E-state index contributed by atoms with van der Waals surface area (Å²) in [5.41, 5.74) is 2.87. The highest BCUT2D eigenvalue weighted by molar-refractivity contribution is 5.90. The molecular formula is C24H22F3N7. The molecule has 10 heteroatoms. The predicted octanol–water partition coefficient (Wildman–Crippen LogP) is 4.65. The highest BCUT2D eigenvalue weighted by atomic mass is 19.4. The average molecular weight is 465 g/mol. The van der Waals surface area contributed by atoms with E-state index in [1.165, 1.54) is 6.07 Å². The van der Waals surface area contributed by atoms with Crippen molar-refractivity contribution in [3.8, 4) is 0 Å². The van der Waals surface area contributed by atoms with Gasteiger partial charge in [0, 0.05) is 49.7 Å². The first-order valence-electron chi connectivity index (χ1n) is 11.2. The van der Waals surface area contributed by atoms with Crippen LogP contribution in [-0.2, 0) is 25.7 Å². The van der Waals surface area contributed by atoms with Crippen LogP contribution in [0.25, 0.3) is 10.9 Å². The molecule has 0 amide bonds. The van der Waals surface area contributed by atoms with Crippen molar-refractivity contribution in [1.29, 1.82) is 0 Å². The van der Waals surface area contributed by atoms with Gasteiger partial charge in [-0.05, 0) is 43.2 Å². The van der Waals surface area contributed by atoms with Gasteiger partial charge in [0.25, 0.3) is 0 Å². The first kappa shape index (κ1) is 20.9. The van der Waals surface area contributed by atoms with Crippen LogP contribution in [0.3, 0.4) is 0 Å². The van der Waals surface area contributed by atoms with Gasteiger partial charge in [0.15, 0.2) is 0 Å². The SMILES string of the molecule is Cc1nc(N2CCc3ncc(N4CCCn5nccc54)cc3C2)c2cc(C(F)(F)F)ccc2n1. The zero-order valence-electron chi connectivity index (χ0n) is 18.5. The maximum atomic E-state index is 13.4. The molecule has 0 fully saturated rings. The molecular weight excluding hydrogens is 443 g/mol. The molecule has 6 rings (SSSR count). The van der Waals surface area contributed by atoms with E-state index >= 15 is 0 Å². The molecule has 2 aliphatic heterocycles. The van der Waals surface area contributed by atoms with E-state index in [0.29, 0.717) is 42.1 Å². The van der Waals surface area contributed by atoms with Gasteiger partial charge in [-0.1, -0.05) is 0 Å². The summed E-state index contributed by atoms with van der Waals surface area (Å²) in [5.74, 6) is 2.10. The Hall–Kier alpha value is -3.69. The van der Waals surface area contributed by atoms with E-state index in [9.17, 15) is 13.2 Å². The van der Waals surface area contributed by atoms with Gasteiger partial charge in [-0.2, -0.15) is 18.3 Å². The van der Waals surface area contributed by atoms with Gasteiger partial charge in [0.05, 0.1) is 29.2 Å². The molecule has 0 atom stereocenters. The first-order chi connectivity index (χ1) is 16.4. The third kappa shape index (κ3) is 3.53. The van der Waals surface area contributed by atoms with Crippen molar-refractivity contribution in [2.24, 2.45) is 0 Å². The number of halogens is 3. The summed E-state index contributed by atoms with van der Waals surface area (Å²) in [7, 11) is 0. The zero-order valence-corrected chi connectivity index (χ0v) is 18.5. The van der Waals surface area contributed by atoms with Crippen molar-refractivity contribution in [2.45, 2.75) is 39.0 Å². The molecule has 0 radical (unpaired) electrons. The van der Waals surface area contributed by atoms with Gasteiger partial charge in [-0.25, -0.2) is 14.6 Å². The van der Waals surface area contributed by atoms with E-state index in [-0.39, 0.29) is 0 Å². The lowest BCUT2D eigenvalue weighted by molar-refractivity contribution is -0.137. The molecule has 0 unspecified atom stereocenters. The van der Waals surface area contributed by atoms with Crippen LogP contribution in [-0.4, -0.2) is 37.8 Å². The molecule has 0 spiro atoms. The van der Waals surface area contributed by atoms with E-state index in [2.05, 4.69) is 26.0 Å². The Labute approximate surface area is 193 Å². The molecule has 0 saturated carbocycles. The number of aromatic nitrogens is 5. The summed E-state index contributed by atoms with van der Waals surface area (Å²) in [5, 5.41) is 4.80. The van der Waals surface area contributed by atoms with Crippen LogP contribution in [0, 0.1) is 6.92 Å². The van der Waals surface area contributed by atoms with Crippen molar-refractivity contribution in [3.63, 3.8) is 0 Å². The standard InChI is InChI=1S/C24H22F3N7/c1-15-30-21-4-3-17(24(25,26)27)12-19(21)23(31-15)32-10-6-20-16(14-32)11-18(13-28-20)33-8-2-9-34-22(33)5-7-29-34/h3-5,7,11-13H,2,6,8-10,14H2,1H3. The third-order valence-corrected chi connectivity index (χ3v) is 6.47. The van der Waals surface area contributed by atoms with Crippen molar-refractivity contribution in [3.05, 3.63) is 65.4 Å². The number of anilines is 3. The van der Waals surface area contributed by atoms with Gasteiger partial charge in [-0.3, -0.25) is 4.98 Å². The summed E-state index contributed by atoms with van der Waals surface area (Å²) >= 11 is 0. The monoisotopic (exact) mass is 465 g/mol. The Balaban J connectivity index is 1.38. The number of benzene rings is 1. The first-order valence-corrected chi connectivity index (χ1v) is 11.2. The predicted molar refractivity (Wildman–Crippen MR) is 122 cm³/mol. The Morgan fingerprint density at radius 1 is 1.00 bits per heavy atom. The Morgan fingerprint density at radius 2 is 1.88 bits per heavy atom. The fourth-order valence-corrected chi connectivity index (χ4v) is 4.87. The lowest BCUT2D eigenvalue weighted by Crippen LogP contribution is -2.33. The lowest BCUT2D eigenvalue weighted by Gasteiger charge is -2.33. The van der Waals surface area contributed by atoms with Gasteiger partial charge in [-0.15, -0.1) is 0 Å². The van der Waals surface area contributed by atoms with Crippen LogP contribution in [0.1, 0.15) is 29.1 Å². The number of hydrogen-bond acceptors (Lipinski definition) is 6. The van der Waals surface area contributed by atoms with Crippen molar-refractivity contribution in [1.82, 2.24) is 24.7 Å². The summed E-state index contributed by atoms with van der Waals surface area (Å²) in [4.78, 5) is 17.9. The normalized spacial score (nSPS) is 16.0. The van der Waals surface area contributed by atoms with Crippen LogP contribution in [0.4, 0.5) is 30.5 Å². The molecule has 34 heavy (non-hydrogen) atoms. The summed E-state index contributed by atoms with van der Waals surface area (Å²) in [6.07, 6.45) is 0.962. The molecule has 1 aromatic carbocycles. The number of nitrogens with zero attached hydrogens (tertiary/aromatic N) is 7. The van der Waals surface area contributed by atoms with Crippen LogP contribution in [0.2, 0.25) is 0 Å². The summed E-state index contributed by atoms with van der Waals surface area (Å²) in [6, 6.07) is 7.79. The van der Waals surface area contributed by atoms with E-state index in [4.69, 9.17) is 4.98 Å². The van der Waals surface area contributed by atoms with E-state index in [1.807, 2.05) is 21.8 Å². The van der Waals surface area contributed by atoms with E-state index in [1.54, 1.807) is 13.1 Å². The van der Waals surface area contributed by atoms with Crippen molar-refractivity contribution < 1.29 is 13.2 Å². The topological polar surface area (TPSA) is 63.0 Å². The van der Waals surface area contributed by atoms with Gasteiger partial charge >= 0.3 is 6.18 Å². The van der Waals surface area contributed by atoms with Crippen LogP contribution in [0.5, 0.6) is 0 Å². The van der Waals surface area contributed by atoms with Crippen molar-refractivity contribution >= 4 is 28.2 Å². The molecule has 0 bridgehead atoms. The Kier molecular flexibility index (Phi) is 4.72. The second kappa shape index (κ2) is 7.68. The van der Waals surface area contributed by atoms with Gasteiger partial charge in [0.2, 0.25) is 0 Å². The molecule has 0 aliphatic carbocycles. The summed E-state index contributed by atoms with van der Waals surface area (Å²) in [6.45, 7) is 4.68. The maximum absolute atomic E-state index is 13.4. The van der Waals surface area contributed by atoms with Crippen LogP contribution >= 0.6 is 0 Å².